The number of fused-ring (bicyclic) bond motifs is 1. The number of piperidine rings is 1. The molecule has 1 aromatic heterocycles. The molecule has 0 bridgehead atoms. The van der Waals surface area contributed by atoms with Crippen molar-refractivity contribution in [1.82, 2.24) is 10.3 Å². The molecule has 1 aliphatic carbocycles. The lowest BCUT2D eigenvalue weighted by molar-refractivity contribution is 0.346. The summed E-state index contributed by atoms with van der Waals surface area (Å²) in [6.45, 7) is 4.69. The zero-order valence-electron chi connectivity index (χ0n) is 10.4. The van der Waals surface area contributed by atoms with E-state index in [9.17, 15) is 0 Å². The van der Waals surface area contributed by atoms with Gasteiger partial charge in [-0.15, -0.1) is 0 Å². The highest BCUT2D eigenvalue weighted by atomic mass is 16.5. The Morgan fingerprint density at radius 3 is 3.28 bits per heavy atom. The summed E-state index contributed by atoms with van der Waals surface area (Å²) < 4.78 is 5.30. The van der Waals surface area contributed by atoms with E-state index in [0.717, 1.165) is 23.8 Å². The van der Waals surface area contributed by atoms with Gasteiger partial charge >= 0.3 is 0 Å². The summed E-state index contributed by atoms with van der Waals surface area (Å²) in [5.74, 6) is 1.51. The Labute approximate surface area is 108 Å². The summed E-state index contributed by atoms with van der Waals surface area (Å²) >= 11 is 0. The number of aromatic nitrogens is 1. The van der Waals surface area contributed by atoms with Gasteiger partial charge in [0.1, 0.15) is 5.75 Å². The van der Waals surface area contributed by atoms with E-state index in [0.29, 0.717) is 6.04 Å². The van der Waals surface area contributed by atoms with Gasteiger partial charge in [-0.05, 0) is 43.4 Å². The number of hydrogen-bond donors (Lipinski definition) is 1. The summed E-state index contributed by atoms with van der Waals surface area (Å²) in [4.78, 5) is 4.24. The van der Waals surface area contributed by atoms with Crippen LogP contribution in [-0.2, 0) is 0 Å². The van der Waals surface area contributed by atoms with E-state index in [1.165, 1.54) is 31.1 Å². The van der Waals surface area contributed by atoms with Gasteiger partial charge in [-0.1, -0.05) is 12.7 Å². The molecule has 2 atom stereocenters. The fourth-order valence-electron chi connectivity index (χ4n) is 3.01. The Morgan fingerprint density at radius 2 is 2.39 bits per heavy atom. The molecule has 0 aromatic carbocycles. The van der Waals surface area contributed by atoms with Gasteiger partial charge < -0.3 is 10.1 Å². The van der Waals surface area contributed by atoms with E-state index >= 15 is 0 Å². The molecule has 3 nitrogen and oxygen atoms in total. The van der Waals surface area contributed by atoms with E-state index in [2.05, 4.69) is 23.0 Å². The minimum atomic E-state index is 0.500. The van der Waals surface area contributed by atoms with Crippen LogP contribution in [0, 0.1) is 5.92 Å². The van der Waals surface area contributed by atoms with Crippen LogP contribution in [-0.4, -0.2) is 17.6 Å². The number of pyridine rings is 1. The fourth-order valence-corrected chi connectivity index (χ4v) is 3.01. The van der Waals surface area contributed by atoms with Crippen molar-refractivity contribution >= 4 is 5.57 Å². The molecule has 1 aromatic rings. The van der Waals surface area contributed by atoms with E-state index in [1.807, 2.05) is 12.3 Å². The number of allylic oxidation sites excluding steroid dienone is 1. The van der Waals surface area contributed by atoms with Crippen LogP contribution in [0.25, 0.3) is 5.57 Å². The Morgan fingerprint density at radius 1 is 1.44 bits per heavy atom. The minimum absolute atomic E-state index is 0.500. The van der Waals surface area contributed by atoms with Crippen LogP contribution < -0.4 is 10.1 Å². The van der Waals surface area contributed by atoms with Crippen LogP contribution in [0.2, 0.25) is 0 Å². The third-order valence-corrected chi connectivity index (χ3v) is 3.83. The fraction of sp³-hybridized carbons (Fsp3) is 0.400. The van der Waals surface area contributed by atoms with Crippen molar-refractivity contribution < 1.29 is 4.74 Å². The van der Waals surface area contributed by atoms with E-state index in [1.54, 1.807) is 6.20 Å². The van der Waals surface area contributed by atoms with Crippen molar-refractivity contribution in [3.8, 4) is 5.75 Å². The first-order chi connectivity index (χ1) is 8.88. The Balaban J connectivity index is 1.86. The van der Waals surface area contributed by atoms with Gasteiger partial charge in [0.25, 0.3) is 0 Å². The maximum absolute atomic E-state index is 5.30. The normalized spacial score (nSPS) is 26.3. The van der Waals surface area contributed by atoms with Crippen molar-refractivity contribution in [2.45, 2.75) is 25.3 Å². The highest BCUT2D eigenvalue weighted by Gasteiger charge is 2.32. The van der Waals surface area contributed by atoms with Gasteiger partial charge in [0, 0.05) is 17.8 Å². The van der Waals surface area contributed by atoms with Gasteiger partial charge in [0.15, 0.2) is 0 Å². The SMILES string of the molecule is C=COc1cncc(C2=CCC3CCCNC23)c1. The Hall–Kier alpha value is -1.61. The van der Waals surface area contributed by atoms with Crippen molar-refractivity contribution in [1.29, 1.82) is 0 Å². The van der Waals surface area contributed by atoms with Crippen LogP contribution in [0.15, 0.2) is 37.4 Å². The van der Waals surface area contributed by atoms with Gasteiger partial charge in [0.05, 0.1) is 12.5 Å². The molecule has 3 heteroatoms. The molecule has 1 N–H and O–H groups in total. The van der Waals surface area contributed by atoms with Crippen LogP contribution >= 0.6 is 0 Å². The van der Waals surface area contributed by atoms with Crippen molar-refractivity contribution in [3.63, 3.8) is 0 Å². The maximum Gasteiger partial charge on any atom is 0.145 e. The smallest absolute Gasteiger partial charge is 0.145 e. The van der Waals surface area contributed by atoms with Crippen molar-refractivity contribution in [2.75, 3.05) is 6.54 Å². The Bertz CT molecular complexity index is 481. The third kappa shape index (κ3) is 2.06. The summed E-state index contributed by atoms with van der Waals surface area (Å²) in [5, 5.41) is 3.62. The number of ether oxygens (including phenoxy) is 1. The molecule has 1 aliphatic heterocycles. The second-order valence-corrected chi connectivity index (χ2v) is 4.92. The quantitative estimate of drug-likeness (QED) is 0.828. The zero-order chi connectivity index (χ0) is 12.4. The molecule has 1 saturated heterocycles. The van der Waals surface area contributed by atoms with Crippen LogP contribution in [0.4, 0.5) is 0 Å². The Kier molecular flexibility index (Phi) is 3.15. The summed E-state index contributed by atoms with van der Waals surface area (Å²) in [5.41, 5.74) is 2.54. The molecule has 0 spiro atoms. The van der Waals surface area contributed by atoms with Gasteiger partial charge in [-0.2, -0.15) is 0 Å². The van der Waals surface area contributed by atoms with Crippen molar-refractivity contribution in [3.05, 3.63) is 42.9 Å². The lowest BCUT2D eigenvalue weighted by Gasteiger charge is -2.29. The molecular formula is C15H18N2O. The average Bonchev–Trinajstić information content (AvgIpc) is 2.83. The molecule has 3 rings (SSSR count). The molecule has 2 aliphatic rings. The molecule has 18 heavy (non-hydrogen) atoms. The summed E-state index contributed by atoms with van der Waals surface area (Å²) in [6, 6.07) is 2.54. The standard InChI is InChI=1S/C15H18N2O/c1-2-18-13-8-12(9-16-10-13)14-6-5-11-4-3-7-17-15(11)14/h2,6,8-11,15,17H,1,3-5,7H2. The van der Waals surface area contributed by atoms with E-state index in [-0.39, 0.29) is 0 Å². The first-order valence-corrected chi connectivity index (χ1v) is 6.55. The van der Waals surface area contributed by atoms with Crippen molar-refractivity contribution in [2.24, 2.45) is 5.92 Å². The second kappa shape index (κ2) is 4.94. The summed E-state index contributed by atoms with van der Waals surface area (Å²) in [6.07, 6.45) is 11.2. The largest absolute Gasteiger partial charge is 0.464 e. The molecule has 2 heterocycles. The van der Waals surface area contributed by atoms with Crippen LogP contribution in [0.5, 0.6) is 5.75 Å². The molecule has 2 unspecified atom stereocenters. The zero-order valence-corrected chi connectivity index (χ0v) is 10.4. The maximum atomic E-state index is 5.30. The average molecular weight is 242 g/mol. The topological polar surface area (TPSA) is 34.1 Å². The van der Waals surface area contributed by atoms with Gasteiger partial charge in [-0.3, -0.25) is 4.98 Å². The number of hydrogen-bond acceptors (Lipinski definition) is 3. The molecule has 0 radical (unpaired) electrons. The first kappa shape index (κ1) is 11.5. The molecule has 0 amide bonds. The van der Waals surface area contributed by atoms with Gasteiger partial charge in [-0.25, -0.2) is 0 Å². The lowest BCUT2D eigenvalue weighted by Crippen LogP contribution is -2.39. The molecule has 94 valence electrons. The highest BCUT2D eigenvalue weighted by Crippen LogP contribution is 2.37. The van der Waals surface area contributed by atoms with E-state index < -0.39 is 0 Å². The van der Waals surface area contributed by atoms with Gasteiger partial charge in [0.2, 0.25) is 0 Å². The predicted octanol–water partition coefficient (Wildman–Crippen LogP) is 2.76. The summed E-state index contributed by atoms with van der Waals surface area (Å²) in [7, 11) is 0. The number of nitrogens with one attached hydrogen (secondary N) is 1. The molecule has 0 saturated carbocycles. The second-order valence-electron chi connectivity index (χ2n) is 4.92. The number of nitrogens with zero attached hydrogens (tertiary/aromatic N) is 1. The molecule has 1 fully saturated rings. The predicted molar refractivity (Wildman–Crippen MR) is 72.2 cm³/mol. The van der Waals surface area contributed by atoms with Crippen LogP contribution in [0.1, 0.15) is 24.8 Å². The lowest BCUT2D eigenvalue weighted by atomic mass is 9.89. The van der Waals surface area contributed by atoms with Crippen LogP contribution in [0.3, 0.4) is 0 Å². The van der Waals surface area contributed by atoms with E-state index in [4.69, 9.17) is 4.74 Å². The number of rotatable bonds is 3. The third-order valence-electron chi connectivity index (χ3n) is 3.83. The highest BCUT2D eigenvalue weighted by molar-refractivity contribution is 5.72. The molecular weight excluding hydrogens is 224 g/mol. The monoisotopic (exact) mass is 242 g/mol. The minimum Gasteiger partial charge on any atom is -0.464 e. The first-order valence-electron chi connectivity index (χ1n) is 6.55.